The highest BCUT2D eigenvalue weighted by molar-refractivity contribution is 5.97. The fourth-order valence-corrected chi connectivity index (χ4v) is 2.95. The molecule has 0 saturated carbocycles. The van der Waals surface area contributed by atoms with Crippen LogP contribution in [0.2, 0.25) is 0 Å². The number of fused-ring (bicyclic) bond motifs is 1. The maximum absolute atomic E-state index is 12.8. The van der Waals surface area contributed by atoms with Crippen LogP contribution in [-0.2, 0) is 11.0 Å². The van der Waals surface area contributed by atoms with Crippen molar-refractivity contribution in [3.63, 3.8) is 0 Å². The number of pyridine rings is 1. The van der Waals surface area contributed by atoms with Gasteiger partial charge in [-0.2, -0.15) is 26.3 Å². The van der Waals surface area contributed by atoms with E-state index in [1.165, 1.54) is 30.3 Å². The van der Waals surface area contributed by atoms with E-state index in [1.807, 2.05) is 0 Å². The lowest BCUT2D eigenvalue weighted by atomic mass is 10.0. The molecule has 3 nitrogen and oxygen atoms in total. The lowest BCUT2D eigenvalue weighted by Gasteiger charge is -2.21. The zero-order valence-corrected chi connectivity index (χ0v) is 15.2. The van der Waals surface area contributed by atoms with Crippen molar-refractivity contribution in [3.8, 4) is 11.3 Å². The van der Waals surface area contributed by atoms with Gasteiger partial charge in [0, 0.05) is 23.7 Å². The van der Waals surface area contributed by atoms with Crippen LogP contribution in [0, 0.1) is 6.92 Å². The van der Waals surface area contributed by atoms with E-state index in [9.17, 15) is 31.1 Å². The predicted octanol–water partition coefficient (Wildman–Crippen LogP) is 5.75. The summed E-state index contributed by atoms with van der Waals surface area (Å²) in [5.41, 5.74) is 1.07. The van der Waals surface area contributed by atoms with Gasteiger partial charge in [0.15, 0.2) is 0 Å². The fourth-order valence-electron chi connectivity index (χ4n) is 2.95. The largest absolute Gasteiger partial charge is 0.471 e. The summed E-state index contributed by atoms with van der Waals surface area (Å²) in [4.78, 5) is 16.3. The molecule has 0 fully saturated rings. The molecule has 1 heterocycles. The number of amides is 1. The van der Waals surface area contributed by atoms with Crippen LogP contribution in [0.25, 0.3) is 22.2 Å². The third-order valence-electron chi connectivity index (χ3n) is 4.42. The van der Waals surface area contributed by atoms with Crippen LogP contribution in [-0.4, -0.2) is 24.1 Å². The molecular weight excluding hydrogens is 398 g/mol. The highest BCUT2D eigenvalue weighted by Crippen LogP contribution is 2.33. The van der Waals surface area contributed by atoms with Gasteiger partial charge in [-0.15, -0.1) is 0 Å². The third kappa shape index (κ3) is 4.18. The van der Waals surface area contributed by atoms with Crippen molar-refractivity contribution < 1.29 is 31.1 Å². The van der Waals surface area contributed by atoms with Gasteiger partial charge in [-0.05, 0) is 48.9 Å². The van der Waals surface area contributed by atoms with Gasteiger partial charge in [0.05, 0.1) is 16.8 Å². The van der Waals surface area contributed by atoms with Crippen molar-refractivity contribution in [2.45, 2.75) is 19.3 Å². The number of halogens is 6. The second kappa shape index (κ2) is 7.06. The van der Waals surface area contributed by atoms with Crippen LogP contribution >= 0.6 is 0 Å². The maximum Gasteiger partial charge on any atom is 0.471 e. The summed E-state index contributed by atoms with van der Waals surface area (Å²) in [5.74, 6) is -1.99. The Labute approximate surface area is 161 Å². The van der Waals surface area contributed by atoms with Crippen LogP contribution in [0.1, 0.15) is 11.1 Å². The molecule has 0 aliphatic heterocycles. The standard InChI is InChI=1S/C20H14F6N2O/c1-11-9-12(4-8-17(11)28(2)18(29)20(24,25)26)15-6-3-13-10-14(19(21,22)23)5-7-16(13)27-15/h3-10H,1-2H3. The Balaban J connectivity index is 1.96. The van der Waals surface area contributed by atoms with Gasteiger partial charge in [0.2, 0.25) is 0 Å². The second-order valence-corrected chi connectivity index (χ2v) is 6.46. The summed E-state index contributed by atoms with van der Waals surface area (Å²) in [6, 6.07) is 10.7. The fraction of sp³-hybridized carbons (Fsp3) is 0.200. The Hall–Kier alpha value is -3.10. The molecule has 29 heavy (non-hydrogen) atoms. The molecule has 0 N–H and O–H groups in total. The Kier molecular flexibility index (Phi) is 5.02. The molecule has 0 spiro atoms. The van der Waals surface area contributed by atoms with Crippen molar-refractivity contribution in [1.29, 1.82) is 0 Å². The Morgan fingerprint density at radius 3 is 2.21 bits per heavy atom. The SMILES string of the molecule is Cc1cc(-c2ccc3cc(C(F)(F)F)ccc3n2)ccc1N(C)C(=O)C(F)(F)F. The van der Waals surface area contributed by atoms with Gasteiger partial charge in [-0.3, -0.25) is 4.79 Å². The second-order valence-electron chi connectivity index (χ2n) is 6.46. The number of anilines is 1. The molecule has 3 aromatic rings. The van der Waals surface area contributed by atoms with E-state index in [-0.39, 0.29) is 5.69 Å². The number of nitrogens with zero attached hydrogens (tertiary/aromatic N) is 2. The number of hydrogen-bond donors (Lipinski definition) is 0. The highest BCUT2D eigenvalue weighted by Gasteiger charge is 2.42. The third-order valence-corrected chi connectivity index (χ3v) is 4.42. The first kappa shape index (κ1) is 20.6. The van der Waals surface area contributed by atoms with Crippen molar-refractivity contribution in [2.75, 3.05) is 11.9 Å². The molecule has 0 saturated heterocycles. The van der Waals surface area contributed by atoms with E-state index in [2.05, 4.69) is 4.98 Å². The minimum Gasteiger partial charge on any atom is -0.307 e. The number of aryl methyl sites for hydroxylation is 1. The molecule has 0 aliphatic carbocycles. The molecule has 152 valence electrons. The zero-order chi connectivity index (χ0) is 21.6. The summed E-state index contributed by atoms with van der Waals surface area (Å²) < 4.78 is 76.4. The zero-order valence-electron chi connectivity index (χ0n) is 15.2. The maximum atomic E-state index is 12.8. The lowest BCUT2D eigenvalue weighted by molar-refractivity contribution is -0.170. The van der Waals surface area contributed by atoms with Crippen LogP contribution < -0.4 is 4.90 Å². The first-order valence-electron chi connectivity index (χ1n) is 8.32. The Morgan fingerprint density at radius 1 is 0.931 bits per heavy atom. The van der Waals surface area contributed by atoms with Crippen molar-refractivity contribution in [1.82, 2.24) is 4.98 Å². The Morgan fingerprint density at radius 2 is 1.62 bits per heavy atom. The van der Waals surface area contributed by atoms with Crippen molar-refractivity contribution >= 4 is 22.5 Å². The summed E-state index contributed by atoms with van der Waals surface area (Å²) in [6.45, 7) is 1.55. The molecule has 9 heteroatoms. The van der Waals surface area contributed by atoms with Gasteiger partial charge in [0.1, 0.15) is 0 Å². The monoisotopic (exact) mass is 412 g/mol. The topological polar surface area (TPSA) is 33.2 Å². The molecule has 0 bridgehead atoms. The van der Waals surface area contributed by atoms with Gasteiger partial charge in [-0.25, -0.2) is 4.98 Å². The lowest BCUT2D eigenvalue weighted by Crippen LogP contribution is -2.38. The molecule has 0 aliphatic rings. The molecule has 0 atom stereocenters. The predicted molar refractivity (Wildman–Crippen MR) is 96.4 cm³/mol. The summed E-state index contributed by atoms with van der Waals surface area (Å²) in [6.07, 6.45) is -9.45. The Bertz CT molecular complexity index is 1090. The van der Waals surface area contributed by atoms with Crippen LogP contribution in [0.5, 0.6) is 0 Å². The van der Waals surface area contributed by atoms with E-state index in [1.54, 1.807) is 13.0 Å². The van der Waals surface area contributed by atoms with E-state index < -0.39 is 23.8 Å². The van der Waals surface area contributed by atoms with Crippen LogP contribution in [0.3, 0.4) is 0 Å². The van der Waals surface area contributed by atoms with E-state index in [0.29, 0.717) is 32.6 Å². The smallest absolute Gasteiger partial charge is 0.307 e. The number of hydrogen-bond acceptors (Lipinski definition) is 2. The number of carbonyl (C=O) groups excluding carboxylic acids is 1. The summed E-state index contributed by atoms with van der Waals surface area (Å²) >= 11 is 0. The number of rotatable bonds is 2. The number of benzene rings is 2. The number of carbonyl (C=O) groups is 1. The average Bonchev–Trinajstić information content (AvgIpc) is 2.64. The van der Waals surface area contributed by atoms with Crippen LogP contribution in [0.15, 0.2) is 48.5 Å². The molecule has 3 rings (SSSR count). The van der Waals surface area contributed by atoms with E-state index in [4.69, 9.17) is 0 Å². The molecule has 0 radical (unpaired) electrons. The van der Waals surface area contributed by atoms with Gasteiger partial charge in [-0.1, -0.05) is 12.1 Å². The van der Waals surface area contributed by atoms with Crippen molar-refractivity contribution in [2.24, 2.45) is 0 Å². The van der Waals surface area contributed by atoms with E-state index >= 15 is 0 Å². The van der Waals surface area contributed by atoms with Crippen LogP contribution in [0.4, 0.5) is 32.0 Å². The van der Waals surface area contributed by atoms with E-state index in [0.717, 1.165) is 19.2 Å². The first-order chi connectivity index (χ1) is 13.4. The highest BCUT2D eigenvalue weighted by atomic mass is 19.4. The summed E-state index contributed by atoms with van der Waals surface area (Å²) in [5, 5.41) is 0.312. The van der Waals surface area contributed by atoms with Gasteiger partial charge in [0.25, 0.3) is 0 Å². The number of aromatic nitrogens is 1. The normalized spacial score (nSPS) is 12.3. The molecule has 2 aromatic carbocycles. The molecular formula is C20H14F6N2O. The number of alkyl halides is 6. The van der Waals surface area contributed by atoms with Gasteiger partial charge < -0.3 is 4.90 Å². The summed E-state index contributed by atoms with van der Waals surface area (Å²) in [7, 11) is 1.03. The average molecular weight is 412 g/mol. The molecule has 0 unspecified atom stereocenters. The van der Waals surface area contributed by atoms with Gasteiger partial charge >= 0.3 is 18.3 Å². The minimum atomic E-state index is -4.99. The molecule has 1 amide bonds. The first-order valence-corrected chi connectivity index (χ1v) is 8.32. The minimum absolute atomic E-state index is 0.0895. The van der Waals surface area contributed by atoms with Crippen molar-refractivity contribution in [3.05, 3.63) is 59.7 Å². The quantitative estimate of drug-likeness (QED) is 0.502. The molecule has 1 aromatic heterocycles.